The Bertz CT molecular complexity index is 1170. The number of phenolic OH excluding ortho intramolecular Hbond substituents is 1. The SMILES string of the molecule is CCCCCCOc1ccc(-c2cc(N)c3c(c2O)C(=O)C2C(N)=CC=C(N)C2C3=O)cc1. The second-order valence-electron chi connectivity index (χ2n) is 8.56. The van der Waals surface area contributed by atoms with Gasteiger partial charge in [-0.15, -0.1) is 0 Å². The summed E-state index contributed by atoms with van der Waals surface area (Å²) in [5.74, 6) is -2.29. The van der Waals surface area contributed by atoms with E-state index < -0.39 is 23.4 Å². The molecule has 7 nitrogen and oxygen atoms in total. The van der Waals surface area contributed by atoms with Gasteiger partial charge in [0.05, 0.1) is 29.6 Å². The Morgan fingerprint density at radius 1 is 0.879 bits per heavy atom. The van der Waals surface area contributed by atoms with E-state index in [0.29, 0.717) is 17.7 Å². The number of phenols is 1. The number of hydrogen-bond acceptors (Lipinski definition) is 7. The van der Waals surface area contributed by atoms with E-state index in [0.717, 1.165) is 18.6 Å². The van der Waals surface area contributed by atoms with Crippen molar-refractivity contribution in [3.05, 3.63) is 65.0 Å². The molecule has 0 saturated heterocycles. The molecule has 0 saturated carbocycles. The summed E-state index contributed by atoms with van der Waals surface area (Å²) in [6.07, 6.45) is 7.54. The third kappa shape index (κ3) is 3.95. The molecule has 0 amide bonds. The van der Waals surface area contributed by atoms with Crippen molar-refractivity contribution in [1.29, 1.82) is 0 Å². The third-order valence-electron chi connectivity index (χ3n) is 6.34. The molecule has 2 unspecified atom stereocenters. The zero-order chi connectivity index (χ0) is 23.7. The van der Waals surface area contributed by atoms with Crippen molar-refractivity contribution in [2.75, 3.05) is 12.3 Å². The molecule has 2 aromatic rings. The van der Waals surface area contributed by atoms with Crippen LogP contribution in [0.3, 0.4) is 0 Å². The highest BCUT2D eigenvalue weighted by atomic mass is 16.5. The van der Waals surface area contributed by atoms with E-state index in [1.807, 2.05) is 0 Å². The molecule has 0 spiro atoms. The van der Waals surface area contributed by atoms with Crippen molar-refractivity contribution in [2.24, 2.45) is 23.3 Å². The van der Waals surface area contributed by atoms with Gasteiger partial charge in [-0.05, 0) is 42.3 Å². The van der Waals surface area contributed by atoms with Crippen molar-refractivity contribution in [3.8, 4) is 22.6 Å². The minimum atomic E-state index is -0.945. The van der Waals surface area contributed by atoms with Gasteiger partial charge in [-0.3, -0.25) is 9.59 Å². The van der Waals surface area contributed by atoms with Gasteiger partial charge in [-0.1, -0.05) is 38.3 Å². The highest BCUT2D eigenvalue weighted by Gasteiger charge is 2.47. The van der Waals surface area contributed by atoms with Crippen molar-refractivity contribution in [3.63, 3.8) is 0 Å². The standard InChI is InChI=1S/C26H29N3O4/c1-2-3-4-5-12-33-15-8-6-14(7-9-15)16-13-19(29)22-23(24(16)30)26(32)21-18(28)11-10-17(27)20(21)25(22)31/h6-11,13,20-21,30H,2-5,12,27-29H2,1H3. The monoisotopic (exact) mass is 447 g/mol. The summed E-state index contributed by atoms with van der Waals surface area (Å²) in [5, 5.41) is 11.1. The Labute approximate surface area is 192 Å². The number of hydrogen-bond donors (Lipinski definition) is 4. The van der Waals surface area contributed by atoms with Crippen molar-refractivity contribution < 1.29 is 19.4 Å². The van der Waals surface area contributed by atoms with E-state index in [2.05, 4.69) is 6.92 Å². The lowest BCUT2D eigenvalue weighted by atomic mass is 9.68. The number of aromatic hydroxyl groups is 1. The predicted molar refractivity (Wildman–Crippen MR) is 128 cm³/mol. The van der Waals surface area contributed by atoms with Crippen molar-refractivity contribution in [1.82, 2.24) is 0 Å². The number of benzene rings is 2. The van der Waals surface area contributed by atoms with Gasteiger partial charge in [-0.25, -0.2) is 0 Å². The molecule has 2 aliphatic rings. The Kier molecular flexibility index (Phi) is 6.14. The van der Waals surface area contributed by atoms with E-state index in [1.165, 1.54) is 31.1 Å². The van der Waals surface area contributed by atoms with Gasteiger partial charge in [0, 0.05) is 22.6 Å². The Hall–Kier alpha value is -3.74. The van der Waals surface area contributed by atoms with Crippen LogP contribution in [0.1, 0.15) is 53.3 Å². The molecule has 0 aliphatic heterocycles. The molecule has 2 aliphatic carbocycles. The molecule has 2 aromatic carbocycles. The van der Waals surface area contributed by atoms with Gasteiger partial charge in [0.15, 0.2) is 11.6 Å². The molecule has 0 bridgehead atoms. The van der Waals surface area contributed by atoms with Crippen LogP contribution >= 0.6 is 0 Å². The first-order chi connectivity index (χ1) is 15.8. The van der Waals surface area contributed by atoms with Crippen LogP contribution in [0.25, 0.3) is 11.1 Å². The lowest BCUT2D eigenvalue weighted by Gasteiger charge is -2.34. The molecule has 0 radical (unpaired) electrons. The second kappa shape index (κ2) is 9.02. The molecule has 0 fully saturated rings. The van der Waals surface area contributed by atoms with Crippen LogP contribution in [0.2, 0.25) is 0 Å². The first kappa shape index (κ1) is 22.5. The highest BCUT2D eigenvalue weighted by Crippen LogP contribution is 2.46. The molecule has 0 heterocycles. The molecule has 2 atom stereocenters. The van der Waals surface area contributed by atoms with Gasteiger partial charge < -0.3 is 27.0 Å². The quantitative estimate of drug-likeness (QED) is 0.286. The lowest BCUT2D eigenvalue weighted by molar-refractivity contribution is 0.0781. The minimum Gasteiger partial charge on any atom is -0.507 e. The van der Waals surface area contributed by atoms with Gasteiger partial charge in [0.1, 0.15) is 11.5 Å². The number of carbonyl (C=O) groups excluding carboxylic acids is 2. The zero-order valence-electron chi connectivity index (χ0n) is 18.6. The lowest BCUT2D eigenvalue weighted by Crippen LogP contribution is -2.43. The number of ketones is 2. The fourth-order valence-corrected chi connectivity index (χ4v) is 4.57. The average Bonchev–Trinajstić information content (AvgIpc) is 2.80. The van der Waals surface area contributed by atoms with Crippen LogP contribution in [0.4, 0.5) is 5.69 Å². The number of nitrogens with two attached hydrogens (primary N) is 3. The van der Waals surface area contributed by atoms with Gasteiger partial charge in [-0.2, -0.15) is 0 Å². The molecular formula is C26H29N3O4. The second-order valence-corrected chi connectivity index (χ2v) is 8.56. The fourth-order valence-electron chi connectivity index (χ4n) is 4.57. The normalized spacial score (nSPS) is 19.4. The van der Waals surface area contributed by atoms with Crippen LogP contribution in [0.15, 0.2) is 53.9 Å². The predicted octanol–water partition coefficient (Wildman–Crippen LogP) is 3.91. The summed E-state index contributed by atoms with van der Waals surface area (Å²) in [6, 6.07) is 8.70. The van der Waals surface area contributed by atoms with E-state index in [1.54, 1.807) is 24.3 Å². The maximum atomic E-state index is 13.4. The number of Topliss-reactive ketones (excluding diaryl/α,β-unsaturated/α-hetero) is 2. The molecule has 172 valence electrons. The van der Waals surface area contributed by atoms with Crippen LogP contribution in [0, 0.1) is 11.8 Å². The molecule has 7 N–H and O–H groups in total. The van der Waals surface area contributed by atoms with Crippen molar-refractivity contribution >= 4 is 17.3 Å². The van der Waals surface area contributed by atoms with E-state index in [9.17, 15) is 14.7 Å². The number of allylic oxidation sites excluding steroid dienone is 4. The molecule has 7 heteroatoms. The van der Waals surface area contributed by atoms with Gasteiger partial charge in [0.25, 0.3) is 0 Å². The van der Waals surface area contributed by atoms with Crippen LogP contribution in [-0.4, -0.2) is 23.3 Å². The van der Waals surface area contributed by atoms with Crippen LogP contribution in [-0.2, 0) is 0 Å². The van der Waals surface area contributed by atoms with Crippen LogP contribution in [0.5, 0.6) is 11.5 Å². The molecule has 4 rings (SSSR count). The topological polar surface area (TPSA) is 142 Å². The number of unbranched alkanes of at least 4 members (excludes halogenated alkanes) is 3. The summed E-state index contributed by atoms with van der Waals surface area (Å²) in [6.45, 7) is 2.81. The number of fused-ring (bicyclic) bond motifs is 2. The first-order valence-electron chi connectivity index (χ1n) is 11.2. The number of rotatable bonds is 7. The summed E-state index contributed by atoms with van der Waals surface area (Å²) >= 11 is 0. The van der Waals surface area contributed by atoms with Crippen molar-refractivity contribution in [2.45, 2.75) is 32.6 Å². The molecule has 33 heavy (non-hydrogen) atoms. The largest absolute Gasteiger partial charge is 0.507 e. The third-order valence-corrected chi connectivity index (χ3v) is 6.34. The summed E-state index contributed by atoms with van der Waals surface area (Å²) in [7, 11) is 0. The maximum absolute atomic E-state index is 13.4. The number of nitrogen functional groups attached to an aromatic ring is 1. The first-order valence-corrected chi connectivity index (χ1v) is 11.2. The average molecular weight is 448 g/mol. The number of ether oxygens (including phenoxy) is 1. The smallest absolute Gasteiger partial charge is 0.177 e. The van der Waals surface area contributed by atoms with Gasteiger partial charge in [0.2, 0.25) is 0 Å². The highest BCUT2D eigenvalue weighted by molar-refractivity contribution is 6.22. The molecular weight excluding hydrogens is 418 g/mol. The molecule has 0 aromatic heterocycles. The summed E-state index contributed by atoms with van der Waals surface area (Å²) < 4.78 is 5.78. The van der Waals surface area contributed by atoms with Crippen LogP contribution < -0.4 is 21.9 Å². The van der Waals surface area contributed by atoms with Gasteiger partial charge >= 0.3 is 0 Å². The Balaban J connectivity index is 1.66. The fraction of sp³-hybridized carbons (Fsp3) is 0.308. The Morgan fingerprint density at radius 3 is 2.09 bits per heavy atom. The summed E-state index contributed by atoms with van der Waals surface area (Å²) in [4.78, 5) is 26.6. The zero-order valence-corrected chi connectivity index (χ0v) is 18.6. The number of carbonyl (C=O) groups is 2. The maximum Gasteiger partial charge on any atom is 0.177 e. The minimum absolute atomic E-state index is 0.000540. The van der Waals surface area contributed by atoms with E-state index in [-0.39, 0.29) is 34.0 Å². The van der Waals surface area contributed by atoms with E-state index >= 15 is 0 Å². The summed E-state index contributed by atoms with van der Waals surface area (Å²) in [5.41, 5.74) is 19.8. The van der Waals surface area contributed by atoms with E-state index in [4.69, 9.17) is 21.9 Å². The number of anilines is 1. The Morgan fingerprint density at radius 2 is 1.48 bits per heavy atom.